The molecular formula is C21H18FN3O4S. The molecule has 4 rings (SSSR count). The third-order valence-corrected chi connectivity index (χ3v) is 5.21. The zero-order valence-electron chi connectivity index (χ0n) is 15.9. The molecule has 1 aromatic heterocycles. The molecule has 0 aliphatic carbocycles. The lowest BCUT2D eigenvalue weighted by molar-refractivity contribution is 0.0678. The normalized spacial score (nSPS) is 16.4. The molecule has 154 valence electrons. The summed E-state index contributed by atoms with van der Waals surface area (Å²) in [4.78, 5) is 12.9. The maximum atomic E-state index is 13.4. The first-order valence-electron chi connectivity index (χ1n) is 9.08. The number of halogens is 1. The third-order valence-electron chi connectivity index (χ3n) is 4.60. The number of furan rings is 1. The Balaban J connectivity index is 1.70. The molecular weight excluding hydrogens is 409 g/mol. The zero-order valence-corrected chi connectivity index (χ0v) is 16.8. The topological polar surface area (TPSA) is 92.0 Å². The van der Waals surface area contributed by atoms with E-state index in [4.69, 9.17) is 4.42 Å². The second kappa shape index (κ2) is 7.75. The maximum Gasteiger partial charge on any atom is 0.310 e. The van der Waals surface area contributed by atoms with Gasteiger partial charge in [-0.05, 0) is 47.5 Å². The monoisotopic (exact) mass is 427 g/mol. The molecule has 1 aliphatic rings. The predicted molar refractivity (Wildman–Crippen MR) is 110 cm³/mol. The van der Waals surface area contributed by atoms with Gasteiger partial charge < -0.3 is 4.42 Å². The number of hydrazone groups is 1. The Morgan fingerprint density at radius 2 is 1.93 bits per heavy atom. The number of hydrogen-bond acceptors (Lipinski definition) is 5. The van der Waals surface area contributed by atoms with E-state index in [1.165, 1.54) is 23.4 Å². The molecule has 2 heterocycles. The predicted octanol–water partition coefficient (Wildman–Crippen LogP) is 3.78. The first-order chi connectivity index (χ1) is 14.3. The largest absolute Gasteiger partial charge is 0.459 e. The number of anilines is 1. The van der Waals surface area contributed by atoms with Crippen molar-refractivity contribution in [2.24, 2.45) is 5.10 Å². The molecule has 3 aromatic rings. The van der Waals surface area contributed by atoms with Crippen LogP contribution in [0.1, 0.15) is 34.1 Å². The molecule has 1 aliphatic heterocycles. The van der Waals surface area contributed by atoms with Crippen LogP contribution in [0.5, 0.6) is 0 Å². The number of benzene rings is 2. The minimum Gasteiger partial charge on any atom is -0.459 e. The molecule has 0 saturated heterocycles. The van der Waals surface area contributed by atoms with Gasteiger partial charge in [0.05, 0.1) is 24.3 Å². The number of hydrogen-bond donors (Lipinski definition) is 1. The van der Waals surface area contributed by atoms with E-state index >= 15 is 0 Å². The van der Waals surface area contributed by atoms with Crippen LogP contribution in [-0.2, 0) is 10.0 Å². The minimum atomic E-state index is -3.43. The van der Waals surface area contributed by atoms with Gasteiger partial charge >= 0.3 is 5.91 Å². The lowest BCUT2D eigenvalue weighted by atomic mass is 9.98. The van der Waals surface area contributed by atoms with Crippen molar-refractivity contribution in [3.63, 3.8) is 0 Å². The third kappa shape index (κ3) is 4.25. The van der Waals surface area contributed by atoms with E-state index in [1.54, 1.807) is 48.5 Å². The Bertz CT molecular complexity index is 1210. The molecule has 9 heteroatoms. The SMILES string of the molecule is CS(=O)(=O)Nc1cccc(C2=NN(C(=O)c3ccco3)C(c3ccc(F)cc3)C2)c1. The Hall–Kier alpha value is -3.46. The van der Waals surface area contributed by atoms with Gasteiger partial charge in [-0.3, -0.25) is 9.52 Å². The summed E-state index contributed by atoms with van der Waals surface area (Å²) in [5.74, 6) is -0.657. The van der Waals surface area contributed by atoms with Crippen LogP contribution in [0.2, 0.25) is 0 Å². The minimum absolute atomic E-state index is 0.139. The molecule has 0 spiro atoms. The van der Waals surface area contributed by atoms with Gasteiger partial charge in [-0.25, -0.2) is 17.8 Å². The lowest BCUT2D eigenvalue weighted by Crippen LogP contribution is -2.26. The van der Waals surface area contributed by atoms with Gasteiger partial charge in [0, 0.05) is 12.1 Å². The summed E-state index contributed by atoms with van der Waals surface area (Å²) < 4.78 is 44.1. The van der Waals surface area contributed by atoms with E-state index in [9.17, 15) is 17.6 Å². The van der Waals surface area contributed by atoms with Crippen LogP contribution >= 0.6 is 0 Å². The van der Waals surface area contributed by atoms with E-state index in [0.29, 0.717) is 23.4 Å². The van der Waals surface area contributed by atoms with E-state index < -0.39 is 22.0 Å². The van der Waals surface area contributed by atoms with Gasteiger partial charge in [0.15, 0.2) is 5.76 Å². The first-order valence-corrected chi connectivity index (χ1v) is 11.0. The highest BCUT2D eigenvalue weighted by molar-refractivity contribution is 7.92. The molecule has 1 amide bonds. The van der Waals surface area contributed by atoms with Crippen LogP contribution in [0.4, 0.5) is 10.1 Å². The van der Waals surface area contributed by atoms with Gasteiger partial charge in [-0.1, -0.05) is 24.3 Å². The fraction of sp³-hybridized carbons (Fsp3) is 0.143. The summed E-state index contributed by atoms with van der Waals surface area (Å²) in [6.07, 6.45) is 2.85. The lowest BCUT2D eigenvalue weighted by Gasteiger charge is -2.21. The summed E-state index contributed by atoms with van der Waals surface area (Å²) >= 11 is 0. The second-order valence-electron chi connectivity index (χ2n) is 6.90. The molecule has 1 atom stereocenters. The molecule has 1 unspecified atom stereocenters. The van der Waals surface area contributed by atoms with Crippen molar-refractivity contribution in [2.75, 3.05) is 11.0 Å². The molecule has 7 nitrogen and oxygen atoms in total. The average molecular weight is 427 g/mol. The van der Waals surface area contributed by atoms with E-state index in [0.717, 1.165) is 11.8 Å². The summed E-state index contributed by atoms with van der Waals surface area (Å²) in [6, 6.07) is 15.4. The van der Waals surface area contributed by atoms with Crippen LogP contribution in [0.15, 0.2) is 76.4 Å². The Morgan fingerprint density at radius 1 is 1.17 bits per heavy atom. The van der Waals surface area contributed by atoms with Crippen LogP contribution < -0.4 is 4.72 Å². The summed E-state index contributed by atoms with van der Waals surface area (Å²) in [7, 11) is -3.43. The molecule has 2 aromatic carbocycles. The number of nitrogens with zero attached hydrogens (tertiary/aromatic N) is 2. The highest BCUT2D eigenvalue weighted by atomic mass is 32.2. The van der Waals surface area contributed by atoms with Crippen LogP contribution in [-0.4, -0.2) is 31.3 Å². The standard InChI is InChI=1S/C21H18FN3O4S/c1-30(27,28)24-17-5-2-4-15(12-17)18-13-19(14-7-9-16(22)10-8-14)25(23-18)21(26)20-6-3-11-29-20/h2-12,19,24H,13H2,1H3. The van der Waals surface area contributed by atoms with Gasteiger partial charge in [-0.2, -0.15) is 5.10 Å². The Labute approximate surface area is 172 Å². The van der Waals surface area contributed by atoms with Crippen molar-refractivity contribution in [1.82, 2.24) is 5.01 Å². The Morgan fingerprint density at radius 3 is 2.60 bits per heavy atom. The smallest absolute Gasteiger partial charge is 0.310 e. The summed E-state index contributed by atoms with van der Waals surface area (Å²) in [6.45, 7) is 0. The number of sulfonamides is 1. The van der Waals surface area contributed by atoms with Crippen molar-refractivity contribution >= 4 is 27.3 Å². The van der Waals surface area contributed by atoms with Crippen LogP contribution in [0, 0.1) is 5.82 Å². The molecule has 0 bridgehead atoms. The second-order valence-corrected chi connectivity index (χ2v) is 8.65. The average Bonchev–Trinajstić information content (AvgIpc) is 3.37. The quantitative estimate of drug-likeness (QED) is 0.671. The van der Waals surface area contributed by atoms with Gasteiger partial charge in [-0.15, -0.1) is 0 Å². The molecule has 1 N–H and O–H groups in total. The summed E-state index contributed by atoms with van der Waals surface area (Å²) in [5, 5.41) is 5.82. The highest BCUT2D eigenvalue weighted by Crippen LogP contribution is 2.34. The van der Waals surface area contributed by atoms with E-state index in [1.807, 2.05) is 0 Å². The number of carbonyl (C=O) groups excluding carboxylic acids is 1. The van der Waals surface area contributed by atoms with Crippen LogP contribution in [0.3, 0.4) is 0 Å². The molecule has 0 radical (unpaired) electrons. The maximum absolute atomic E-state index is 13.4. The van der Waals surface area contributed by atoms with Crippen molar-refractivity contribution in [1.29, 1.82) is 0 Å². The molecule has 30 heavy (non-hydrogen) atoms. The number of nitrogens with one attached hydrogen (secondary N) is 1. The van der Waals surface area contributed by atoms with Gasteiger partial charge in [0.1, 0.15) is 5.82 Å². The summed E-state index contributed by atoms with van der Waals surface area (Å²) in [5.41, 5.74) is 2.39. The van der Waals surface area contributed by atoms with E-state index in [-0.39, 0.29) is 11.6 Å². The molecule has 0 fully saturated rings. The first kappa shape index (κ1) is 19.8. The highest BCUT2D eigenvalue weighted by Gasteiger charge is 2.34. The van der Waals surface area contributed by atoms with E-state index in [2.05, 4.69) is 9.82 Å². The number of amides is 1. The van der Waals surface area contributed by atoms with Crippen molar-refractivity contribution < 1.29 is 22.0 Å². The fourth-order valence-electron chi connectivity index (χ4n) is 3.31. The number of carbonyl (C=O) groups is 1. The van der Waals surface area contributed by atoms with Crippen LogP contribution in [0.25, 0.3) is 0 Å². The van der Waals surface area contributed by atoms with Gasteiger partial charge in [0.25, 0.3) is 0 Å². The fourth-order valence-corrected chi connectivity index (χ4v) is 3.86. The van der Waals surface area contributed by atoms with Crippen molar-refractivity contribution in [3.8, 4) is 0 Å². The zero-order chi connectivity index (χ0) is 21.3. The number of rotatable bonds is 5. The molecule has 0 saturated carbocycles. The Kier molecular flexibility index (Phi) is 5.13. The van der Waals surface area contributed by atoms with Crippen molar-refractivity contribution in [2.45, 2.75) is 12.5 Å². The van der Waals surface area contributed by atoms with Gasteiger partial charge in [0.2, 0.25) is 10.0 Å². The van der Waals surface area contributed by atoms with Crippen molar-refractivity contribution in [3.05, 3.63) is 89.6 Å².